The molecule has 1 fully saturated rings. The molecule has 0 aromatic carbocycles. The van der Waals surface area contributed by atoms with Gasteiger partial charge in [-0.25, -0.2) is 0 Å². The molecular weight excluding hydrogens is 246 g/mol. The number of nitrogens with one attached hydrogen (secondary N) is 3. The van der Waals surface area contributed by atoms with Crippen molar-refractivity contribution in [2.45, 2.75) is 32.4 Å². The van der Waals surface area contributed by atoms with E-state index in [0.717, 1.165) is 19.4 Å². The summed E-state index contributed by atoms with van der Waals surface area (Å²) >= 11 is 0. The van der Waals surface area contributed by atoms with Crippen molar-refractivity contribution in [3.05, 3.63) is 12.4 Å². The molecule has 3 N–H and O–H groups in total. The topological polar surface area (TPSA) is 88.1 Å². The molecule has 19 heavy (non-hydrogen) atoms. The maximum absolute atomic E-state index is 11.6. The molecule has 1 saturated carbocycles. The summed E-state index contributed by atoms with van der Waals surface area (Å²) in [7, 11) is 0. The third kappa shape index (κ3) is 4.70. The molecular formula is C12H19N5O2. The quantitative estimate of drug-likeness (QED) is 0.632. The molecule has 1 aliphatic carbocycles. The van der Waals surface area contributed by atoms with Crippen molar-refractivity contribution in [3.63, 3.8) is 0 Å². The van der Waals surface area contributed by atoms with Gasteiger partial charge in [0.05, 0.1) is 18.4 Å². The van der Waals surface area contributed by atoms with Crippen molar-refractivity contribution in [1.82, 2.24) is 20.4 Å². The van der Waals surface area contributed by atoms with Gasteiger partial charge in [-0.1, -0.05) is 6.92 Å². The lowest BCUT2D eigenvalue weighted by Gasteiger charge is -2.03. The van der Waals surface area contributed by atoms with Crippen LogP contribution >= 0.6 is 0 Å². The summed E-state index contributed by atoms with van der Waals surface area (Å²) in [5, 5.41) is 12.6. The molecule has 2 rings (SSSR count). The number of hydrogen-bond donors (Lipinski definition) is 3. The Morgan fingerprint density at radius 2 is 2.21 bits per heavy atom. The largest absolute Gasteiger partial charge is 0.352 e. The average Bonchev–Trinajstić information content (AvgIpc) is 3.07. The molecule has 0 unspecified atom stereocenters. The van der Waals surface area contributed by atoms with E-state index < -0.39 is 0 Å². The van der Waals surface area contributed by atoms with Gasteiger partial charge in [-0.05, 0) is 19.4 Å². The highest BCUT2D eigenvalue weighted by Gasteiger charge is 2.23. The Hall–Kier alpha value is -1.89. The summed E-state index contributed by atoms with van der Waals surface area (Å²) in [5.74, 6) is -0.167. The molecule has 1 aliphatic rings. The van der Waals surface area contributed by atoms with E-state index in [0.29, 0.717) is 11.7 Å². The van der Waals surface area contributed by atoms with Gasteiger partial charge in [0, 0.05) is 12.2 Å². The highest BCUT2D eigenvalue weighted by molar-refractivity contribution is 5.92. The van der Waals surface area contributed by atoms with Crippen molar-refractivity contribution < 1.29 is 9.59 Å². The molecule has 7 nitrogen and oxygen atoms in total. The number of carbonyl (C=O) groups excluding carboxylic acids is 2. The molecule has 1 aromatic heterocycles. The van der Waals surface area contributed by atoms with Crippen molar-refractivity contribution in [2.75, 3.05) is 18.4 Å². The monoisotopic (exact) mass is 265 g/mol. The van der Waals surface area contributed by atoms with Crippen LogP contribution in [0.3, 0.4) is 0 Å². The lowest BCUT2D eigenvalue weighted by Crippen LogP contribution is -2.29. The maximum atomic E-state index is 11.6. The van der Waals surface area contributed by atoms with E-state index in [9.17, 15) is 9.59 Å². The minimum Gasteiger partial charge on any atom is -0.352 e. The van der Waals surface area contributed by atoms with Gasteiger partial charge in [-0.15, -0.1) is 0 Å². The second kappa shape index (κ2) is 6.33. The van der Waals surface area contributed by atoms with Crippen LogP contribution in [0, 0.1) is 0 Å². The van der Waals surface area contributed by atoms with Crippen LogP contribution in [0.15, 0.2) is 12.4 Å². The standard InChI is InChI=1S/C12H19N5O2/c1-2-13-6-11(18)16-10-5-14-17(7-10)8-12(19)15-9-3-4-9/h5,7,9,13H,2-4,6,8H2,1H3,(H,15,19)(H,16,18). The van der Waals surface area contributed by atoms with Crippen LogP contribution in [-0.2, 0) is 16.1 Å². The second-order valence-electron chi connectivity index (χ2n) is 4.60. The molecule has 0 saturated heterocycles. The van der Waals surface area contributed by atoms with Crippen LogP contribution in [0.1, 0.15) is 19.8 Å². The number of carbonyl (C=O) groups is 2. The Bertz CT molecular complexity index is 453. The maximum Gasteiger partial charge on any atom is 0.241 e. The third-order valence-electron chi connectivity index (χ3n) is 2.70. The molecule has 1 aromatic rings. The molecule has 104 valence electrons. The Balaban J connectivity index is 1.77. The highest BCUT2D eigenvalue weighted by Crippen LogP contribution is 2.18. The van der Waals surface area contributed by atoms with Crippen LogP contribution < -0.4 is 16.0 Å². The van der Waals surface area contributed by atoms with Gasteiger partial charge in [-0.2, -0.15) is 5.10 Å². The number of hydrogen-bond acceptors (Lipinski definition) is 4. The predicted molar refractivity (Wildman–Crippen MR) is 70.6 cm³/mol. The zero-order valence-corrected chi connectivity index (χ0v) is 11.0. The van der Waals surface area contributed by atoms with Crippen LogP contribution in [0.4, 0.5) is 5.69 Å². The predicted octanol–water partition coefficient (Wildman–Crippen LogP) is -0.290. The molecule has 7 heteroatoms. The number of amides is 2. The normalized spacial score (nSPS) is 14.2. The van der Waals surface area contributed by atoms with Crippen LogP contribution in [0.5, 0.6) is 0 Å². The number of aromatic nitrogens is 2. The van der Waals surface area contributed by atoms with Gasteiger partial charge in [0.2, 0.25) is 11.8 Å². The second-order valence-corrected chi connectivity index (χ2v) is 4.60. The molecule has 1 heterocycles. The fraction of sp³-hybridized carbons (Fsp3) is 0.583. The Labute approximate surface area is 111 Å². The van der Waals surface area contributed by atoms with Crippen molar-refractivity contribution in [1.29, 1.82) is 0 Å². The van der Waals surface area contributed by atoms with Crippen molar-refractivity contribution in [2.24, 2.45) is 0 Å². The van der Waals surface area contributed by atoms with Crippen LogP contribution in [0.25, 0.3) is 0 Å². The van der Waals surface area contributed by atoms with Gasteiger partial charge < -0.3 is 16.0 Å². The van der Waals surface area contributed by atoms with E-state index in [1.807, 2.05) is 6.92 Å². The van der Waals surface area contributed by atoms with Crippen molar-refractivity contribution in [3.8, 4) is 0 Å². The van der Waals surface area contributed by atoms with E-state index >= 15 is 0 Å². The first-order chi connectivity index (χ1) is 9.17. The van der Waals surface area contributed by atoms with E-state index in [-0.39, 0.29) is 24.9 Å². The zero-order chi connectivity index (χ0) is 13.7. The van der Waals surface area contributed by atoms with Gasteiger partial charge >= 0.3 is 0 Å². The van der Waals surface area contributed by atoms with Crippen LogP contribution in [0.2, 0.25) is 0 Å². The number of anilines is 1. The summed E-state index contributed by atoms with van der Waals surface area (Å²) in [4.78, 5) is 23.0. The molecule has 0 radical (unpaired) electrons. The fourth-order valence-electron chi connectivity index (χ4n) is 1.61. The first-order valence-corrected chi connectivity index (χ1v) is 6.49. The molecule has 0 bridgehead atoms. The van der Waals surface area contributed by atoms with E-state index in [4.69, 9.17) is 0 Å². The summed E-state index contributed by atoms with van der Waals surface area (Å²) < 4.78 is 1.51. The SMILES string of the molecule is CCNCC(=O)Nc1cnn(CC(=O)NC2CC2)c1. The van der Waals surface area contributed by atoms with Gasteiger partial charge in [0.25, 0.3) is 0 Å². The summed E-state index contributed by atoms with van der Waals surface area (Å²) in [6, 6.07) is 0.349. The van der Waals surface area contributed by atoms with E-state index in [2.05, 4.69) is 21.0 Å². The highest BCUT2D eigenvalue weighted by atomic mass is 16.2. The first-order valence-electron chi connectivity index (χ1n) is 6.49. The lowest BCUT2D eigenvalue weighted by molar-refractivity contribution is -0.122. The van der Waals surface area contributed by atoms with Crippen molar-refractivity contribution >= 4 is 17.5 Å². The minimum atomic E-state index is -0.121. The average molecular weight is 265 g/mol. The lowest BCUT2D eigenvalue weighted by atomic mass is 10.5. The van der Waals surface area contributed by atoms with E-state index in [1.54, 1.807) is 6.20 Å². The summed E-state index contributed by atoms with van der Waals surface area (Å²) in [6.45, 7) is 3.13. The molecule has 0 aliphatic heterocycles. The Kier molecular flexibility index (Phi) is 4.51. The zero-order valence-electron chi connectivity index (χ0n) is 11.0. The molecule has 0 atom stereocenters. The van der Waals surface area contributed by atoms with Crippen LogP contribution in [-0.4, -0.2) is 40.7 Å². The smallest absolute Gasteiger partial charge is 0.241 e. The summed E-state index contributed by atoms with van der Waals surface area (Å²) in [5.41, 5.74) is 0.599. The van der Waals surface area contributed by atoms with Gasteiger partial charge in [-0.3, -0.25) is 14.3 Å². The number of nitrogens with zero attached hydrogens (tertiary/aromatic N) is 2. The Morgan fingerprint density at radius 1 is 1.42 bits per heavy atom. The minimum absolute atomic E-state index is 0.0453. The van der Waals surface area contributed by atoms with Gasteiger partial charge in [0.1, 0.15) is 6.54 Å². The molecule has 0 spiro atoms. The summed E-state index contributed by atoms with van der Waals surface area (Å²) in [6.07, 6.45) is 5.32. The van der Waals surface area contributed by atoms with Gasteiger partial charge in [0.15, 0.2) is 0 Å². The third-order valence-corrected chi connectivity index (χ3v) is 2.70. The number of likely N-dealkylation sites (N-methyl/N-ethyl adjacent to an activating group) is 1. The fourth-order valence-corrected chi connectivity index (χ4v) is 1.61. The number of rotatable bonds is 7. The van der Waals surface area contributed by atoms with E-state index in [1.165, 1.54) is 10.9 Å². The first kappa shape index (κ1) is 13.5. The molecule has 2 amide bonds. The Morgan fingerprint density at radius 3 is 2.89 bits per heavy atom.